The number of nitrogens with zero attached hydrogens (tertiary/aromatic N) is 2. The first-order valence-corrected chi connectivity index (χ1v) is 16.7. The Labute approximate surface area is 283 Å². The molecule has 0 aliphatic carbocycles. The number of rotatable bonds is 5. The molecule has 49 heavy (non-hydrogen) atoms. The molecule has 0 amide bonds. The van der Waals surface area contributed by atoms with E-state index in [1.165, 1.54) is 32.6 Å². The van der Waals surface area contributed by atoms with Crippen LogP contribution in [0.4, 0.5) is 17.1 Å². The van der Waals surface area contributed by atoms with E-state index in [0.717, 1.165) is 55.8 Å². The van der Waals surface area contributed by atoms with E-state index < -0.39 is 0 Å². The summed E-state index contributed by atoms with van der Waals surface area (Å²) in [6.07, 6.45) is 0. The lowest BCUT2D eigenvalue weighted by molar-refractivity contribution is 0.669. The molecule has 0 radical (unpaired) electrons. The van der Waals surface area contributed by atoms with Gasteiger partial charge in [-0.3, -0.25) is 0 Å². The Kier molecular flexibility index (Phi) is 6.18. The smallest absolute Gasteiger partial charge is 0.136 e. The highest BCUT2D eigenvalue weighted by Crippen LogP contribution is 2.44. The van der Waals surface area contributed by atoms with E-state index >= 15 is 0 Å². The van der Waals surface area contributed by atoms with Crippen LogP contribution in [0.3, 0.4) is 0 Å². The minimum Gasteiger partial charge on any atom is -0.456 e. The number of para-hydroxylation sites is 4. The molecule has 10 rings (SSSR count). The highest BCUT2D eigenvalue weighted by Gasteiger charge is 2.21. The summed E-state index contributed by atoms with van der Waals surface area (Å²) in [5, 5.41) is 7.16. The Morgan fingerprint density at radius 2 is 1.04 bits per heavy atom. The summed E-state index contributed by atoms with van der Waals surface area (Å²) in [4.78, 5) is 2.37. The number of hydrogen-bond acceptors (Lipinski definition) is 2. The van der Waals surface area contributed by atoms with Gasteiger partial charge in [-0.1, -0.05) is 109 Å². The zero-order chi connectivity index (χ0) is 32.3. The second-order valence-corrected chi connectivity index (χ2v) is 12.6. The van der Waals surface area contributed by atoms with Crippen molar-refractivity contribution in [3.8, 4) is 16.8 Å². The van der Waals surface area contributed by atoms with Crippen LogP contribution in [0, 0.1) is 0 Å². The molecular formula is C46H30N2O. The van der Waals surface area contributed by atoms with Gasteiger partial charge in [-0.2, -0.15) is 0 Å². The summed E-state index contributed by atoms with van der Waals surface area (Å²) in [7, 11) is 0. The van der Waals surface area contributed by atoms with E-state index in [-0.39, 0.29) is 0 Å². The predicted molar refractivity (Wildman–Crippen MR) is 206 cm³/mol. The normalized spacial score (nSPS) is 11.7. The van der Waals surface area contributed by atoms with Crippen LogP contribution in [0.15, 0.2) is 186 Å². The number of fused-ring (bicyclic) bond motifs is 7. The van der Waals surface area contributed by atoms with Crippen molar-refractivity contribution in [3.63, 3.8) is 0 Å². The largest absolute Gasteiger partial charge is 0.456 e. The third-order valence-electron chi connectivity index (χ3n) is 9.74. The number of aromatic nitrogens is 1. The van der Waals surface area contributed by atoms with Gasteiger partial charge in [0.15, 0.2) is 0 Å². The summed E-state index contributed by atoms with van der Waals surface area (Å²) >= 11 is 0. The highest BCUT2D eigenvalue weighted by atomic mass is 16.3. The first-order chi connectivity index (χ1) is 24.3. The Morgan fingerprint density at radius 3 is 1.86 bits per heavy atom. The number of benzene rings is 8. The molecule has 0 saturated carbocycles. The van der Waals surface area contributed by atoms with E-state index in [1.54, 1.807) is 0 Å². The standard InChI is InChI=1S/C46H30N2O/c1-3-14-35(15-4-1)47(43-21-11-19-40-38-18-9-10-20-42(38)48(46(40)43)36-16-5-2-6-17-36)37-25-22-31(23-26-37)34-24-27-39-41-28-32-12-7-8-13-33(32)29-45(41)49-44(39)30-34/h1-30H. The van der Waals surface area contributed by atoms with Gasteiger partial charge < -0.3 is 13.9 Å². The topological polar surface area (TPSA) is 21.3 Å². The average molecular weight is 627 g/mol. The Balaban J connectivity index is 1.12. The average Bonchev–Trinajstić information content (AvgIpc) is 3.70. The van der Waals surface area contributed by atoms with Crippen LogP contribution in [0.2, 0.25) is 0 Å². The molecule has 3 nitrogen and oxygen atoms in total. The van der Waals surface area contributed by atoms with Gasteiger partial charge in [0.05, 0.1) is 16.7 Å². The molecule has 0 aliphatic heterocycles. The number of anilines is 3. The van der Waals surface area contributed by atoms with E-state index in [4.69, 9.17) is 4.42 Å². The molecule has 3 heteroatoms. The molecule has 0 saturated heterocycles. The van der Waals surface area contributed by atoms with Crippen molar-refractivity contribution in [1.82, 2.24) is 4.57 Å². The maximum atomic E-state index is 6.40. The van der Waals surface area contributed by atoms with Crippen LogP contribution in [-0.4, -0.2) is 4.57 Å². The molecular weight excluding hydrogens is 597 g/mol. The van der Waals surface area contributed by atoms with Crippen molar-refractivity contribution in [2.45, 2.75) is 0 Å². The fourth-order valence-electron chi connectivity index (χ4n) is 7.48. The number of hydrogen-bond donors (Lipinski definition) is 0. The summed E-state index contributed by atoms with van der Waals surface area (Å²) in [5.74, 6) is 0. The van der Waals surface area contributed by atoms with Gasteiger partial charge in [-0.05, 0) is 94.7 Å². The first-order valence-electron chi connectivity index (χ1n) is 16.7. The van der Waals surface area contributed by atoms with E-state index in [0.29, 0.717) is 0 Å². The van der Waals surface area contributed by atoms with E-state index in [9.17, 15) is 0 Å². The van der Waals surface area contributed by atoms with Gasteiger partial charge in [0.1, 0.15) is 11.2 Å². The zero-order valence-corrected chi connectivity index (χ0v) is 26.6. The zero-order valence-electron chi connectivity index (χ0n) is 26.6. The summed E-state index contributed by atoms with van der Waals surface area (Å²) in [6.45, 7) is 0. The second-order valence-electron chi connectivity index (χ2n) is 12.6. The fourth-order valence-corrected chi connectivity index (χ4v) is 7.48. The van der Waals surface area contributed by atoms with Crippen molar-refractivity contribution < 1.29 is 4.42 Å². The maximum absolute atomic E-state index is 6.40. The minimum absolute atomic E-state index is 0.901. The molecule has 0 unspecified atom stereocenters. The van der Waals surface area contributed by atoms with Gasteiger partial charge in [0.2, 0.25) is 0 Å². The lowest BCUT2D eigenvalue weighted by atomic mass is 10.0. The van der Waals surface area contributed by atoms with Gasteiger partial charge >= 0.3 is 0 Å². The number of furan rings is 1. The molecule has 0 fully saturated rings. The Morgan fingerprint density at radius 1 is 0.408 bits per heavy atom. The van der Waals surface area contributed by atoms with Crippen LogP contribution in [0.1, 0.15) is 0 Å². The maximum Gasteiger partial charge on any atom is 0.136 e. The Bertz CT molecular complexity index is 2810. The van der Waals surface area contributed by atoms with Gasteiger partial charge in [0, 0.05) is 38.6 Å². The molecule has 0 atom stereocenters. The lowest BCUT2D eigenvalue weighted by Gasteiger charge is -2.27. The minimum atomic E-state index is 0.901. The van der Waals surface area contributed by atoms with Crippen molar-refractivity contribution in [2.24, 2.45) is 0 Å². The van der Waals surface area contributed by atoms with Crippen LogP contribution in [0.25, 0.3) is 71.3 Å². The lowest BCUT2D eigenvalue weighted by Crippen LogP contribution is -2.11. The third kappa shape index (κ3) is 4.44. The van der Waals surface area contributed by atoms with E-state index in [1.807, 2.05) is 0 Å². The molecule has 2 aromatic heterocycles. The first kappa shape index (κ1) is 27.5. The van der Waals surface area contributed by atoms with Crippen molar-refractivity contribution in [2.75, 3.05) is 4.90 Å². The van der Waals surface area contributed by atoms with Crippen LogP contribution >= 0.6 is 0 Å². The molecule has 230 valence electrons. The molecule has 0 aliphatic rings. The Hall–Kier alpha value is -6.58. The van der Waals surface area contributed by atoms with Gasteiger partial charge in [0.25, 0.3) is 0 Å². The van der Waals surface area contributed by atoms with Crippen LogP contribution in [0.5, 0.6) is 0 Å². The fraction of sp³-hybridized carbons (Fsp3) is 0. The summed E-state index contributed by atoms with van der Waals surface area (Å²) < 4.78 is 8.80. The highest BCUT2D eigenvalue weighted by molar-refractivity contribution is 6.14. The molecule has 0 bridgehead atoms. The van der Waals surface area contributed by atoms with E-state index in [2.05, 4.69) is 191 Å². The summed E-state index contributed by atoms with van der Waals surface area (Å²) in [6, 6.07) is 64.9. The quantitative estimate of drug-likeness (QED) is 0.190. The SMILES string of the molecule is c1ccc(N(c2ccc(-c3ccc4c(c3)oc3cc5ccccc5cc34)cc2)c2cccc3c4ccccc4n(-c4ccccc4)c23)cc1. The van der Waals surface area contributed by atoms with Crippen LogP contribution in [-0.2, 0) is 0 Å². The monoisotopic (exact) mass is 626 g/mol. The van der Waals surface area contributed by atoms with Crippen molar-refractivity contribution in [1.29, 1.82) is 0 Å². The van der Waals surface area contributed by atoms with Gasteiger partial charge in [-0.25, -0.2) is 0 Å². The molecule has 0 spiro atoms. The van der Waals surface area contributed by atoms with Crippen molar-refractivity contribution >= 4 is 71.6 Å². The third-order valence-corrected chi connectivity index (χ3v) is 9.74. The molecule has 10 aromatic rings. The molecule has 0 N–H and O–H groups in total. The second kappa shape index (κ2) is 11.0. The van der Waals surface area contributed by atoms with Gasteiger partial charge in [-0.15, -0.1) is 0 Å². The summed E-state index contributed by atoms with van der Waals surface area (Å²) in [5.41, 5.74) is 10.9. The van der Waals surface area contributed by atoms with Crippen LogP contribution < -0.4 is 4.90 Å². The van der Waals surface area contributed by atoms with Crippen molar-refractivity contribution in [3.05, 3.63) is 182 Å². The molecule has 8 aromatic carbocycles. The predicted octanol–water partition coefficient (Wildman–Crippen LogP) is 13.0. The molecule has 2 heterocycles.